The van der Waals surface area contributed by atoms with Gasteiger partial charge in [0.25, 0.3) is 0 Å². The van der Waals surface area contributed by atoms with Gasteiger partial charge in [0.1, 0.15) is 5.84 Å². The first-order chi connectivity index (χ1) is 9.83. The van der Waals surface area contributed by atoms with Gasteiger partial charge in [-0.25, -0.2) is 0 Å². The van der Waals surface area contributed by atoms with E-state index in [9.17, 15) is 4.79 Å². The highest BCUT2D eigenvalue weighted by atomic mass is 16.1. The number of Topliss-reactive ketones (excluding diaryl/α,β-unsaturated/α-hetero) is 1. The zero-order valence-electron chi connectivity index (χ0n) is 11.2. The highest BCUT2D eigenvalue weighted by Crippen LogP contribution is 2.19. The molecule has 2 aromatic rings. The van der Waals surface area contributed by atoms with Crippen molar-refractivity contribution in [2.75, 3.05) is 13.1 Å². The van der Waals surface area contributed by atoms with Crippen LogP contribution in [0.5, 0.6) is 0 Å². The van der Waals surface area contributed by atoms with E-state index in [1.54, 1.807) is 0 Å². The van der Waals surface area contributed by atoms with Crippen LogP contribution in [0.2, 0.25) is 0 Å². The lowest BCUT2D eigenvalue weighted by Gasteiger charge is -2.05. The molecule has 0 saturated carbocycles. The Morgan fingerprint density at radius 3 is 2.35 bits per heavy atom. The molecule has 3 nitrogen and oxygen atoms in total. The summed E-state index contributed by atoms with van der Waals surface area (Å²) in [5, 5.41) is 3.12. The van der Waals surface area contributed by atoms with Gasteiger partial charge in [0.2, 0.25) is 0 Å². The van der Waals surface area contributed by atoms with Crippen molar-refractivity contribution < 1.29 is 4.79 Å². The Morgan fingerprint density at radius 2 is 1.70 bits per heavy atom. The van der Waals surface area contributed by atoms with Gasteiger partial charge in [0, 0.05) is 12.1 Å². The SMILES string of the molecule is O=C(CC1=NCCN1)c1ccc(-c2ccccc2)cc1. The second-order valence-electron chi connectivity index (χ2n) is 4.80. The van der Waals surface area contributed by atoms with Gasteiger partial charge in [-0.1, -0.05) is 54.6 Å². The quantitative estimate of drug-likeness (QED) is 0.863. The topological polar surface area (TPSA) is 41.5 Å². The fourth-order valence-corrected chi connectivity index (χ4v) is 2.30. The highest BCUT2D eigenvalue weighted by molar-refractivity contribution is 6.09. The van der Waals surface area contributed by atoms with E-state index in [2.05, 4.69) is 22.4 Å². The van der Waals surface area contributed by atoms with Crippen LogP contribution < -0.4 is 5.32 Å². The fraction of sp³-hybridized carbons (Fsp3) is 0.176. The van der Waals surface area contributed by atoms with E-state index >= 15 is 0 Å². The van der Waals surface area contributed by atoms with Gasteiger partial charge in [0.05, 0.1) is 13.0 Å². The number of amidine groups is 1. The molecule has 0 saturated heterocycles. The van der Waals surface area contributed by atoms with Crippen molar-refractivity contribution in [2.45, 2.75) is 6.42 Å². The van der Waals surface area contributed by atoms with Gasteiger partial charge in [-0.15, -0.1) is 0 Å². The molecular weight excluding hydrogens is 248 g/mol. The van der Waals surface area contributed by atoms with Crippen LogP contribution in [0.1, 0.15) is 16.8 Å². The van der Waals surface area contributed by atoms with E-state index in [1.807, 2.05) is 42.5 Å². The molecule has 3 rings (SSSR count). The number of nitrogens with one attached hydrogen (secondary N) is 1. The standard InChI is InChI=1S/C17H16N2O/c20-16(12-17-18-10-11-19-17)15-8-6-14(7-9-15)13-4-2-1-3-5-13/h1-9H,10-12H2,(H,18,19). The number of nitrogens with zero attached hydrogens (tertiary/aromatic N) is 1. The lowest BCUT2D eigenvalue weighted by molar-refractivity contribution is 0.1000. The molecule has 0 unspecified atom stereocenters. The average molecular weight is 264 g/mol. The number of hydrogen-bond acceptors (Lipinski definition) is 3. The van der Waals surface area contributed by atoms with Crippen LogP contribution in [-0.2, 0) is 0 Å². The smallest absolute Gasteiger partial charge is 0.170 e. The fourth-order valence-electron chi connectivity index (χ4n) is 2.30. The molecule has 1 aliphatic rings. The first-order valence-electron chi connectivity index (χ1n) is 6.79. The van der Waals surface area contributed by atoms with Crippen molar-refractivity contribution in [3.8, 4) is 11.1 Å². The summed E-state index contributed by atoms with van der Waals surface area (Å²) in [5.41, 5.74) is 3.02. The monoisotopic (exact) mass is 264 g/mol. The van der Waals surface area contributed by atoms with Crippen LogP contribution in [0.3, 0.4) is 0 Å². The minimum Gasteiger partial charge on any atom is -0.372 e. The molecule has 1 N–H and O–H groups in total. The maximum absolute atomic E-state index is 12.1. The van der Waals surface area contributed by atoms with Crippen molar-refractivity contribution in [3.63, 3.8) is 0 Å². The van der Waals surface area contributed by atoms with Crippen LogP contribution in [0.4, 0.5) is 0 Å². The molecule has 1 aliphatic heterocycles. The number of ketones is 1. The summed E-state index contributed by atoms with van der Waals surface area (Å²) in [6.07, 6.45) is 0.366. The van der Waals surface area contributed by atoms with Gasteiger partial charge in [-0.3, -0.25) is 9.79 Å². The summed E-state index contributed by atoms with van der Waals surface area (Å²) in [6, 6.07) is 17.9. The Morgan fingerprint density at radius 1 is 1.00 bits per heavy atom. The molecule has 20 heavy (non-hydrogen) atoms. The Hall–Kier alpha value is -2.42. The summed E-state index contributed by atoms with van der Waals surface area (Å²) in [4.78, 5) is 16.4. The predicted octanol–water partition coefficient (Wildman–Crippen LogP) is 2.93. The molecular formula is C17H16N2O. The average Bonchev–Trinajstić information content (AvgIpc) is 3.01. The Balaban J connectivity index is 1.74. The third-order valence-electron chi connectivity index (χ3n) is 3.39. The molecule has 0 aliphatic carbocycles. The molecule has 0 bridgehead atoms. The molecule has 0 spiro atoms. The van der Waals surface area contributed by atoms with Crippen molar-refractivity contribution in [2.24, 2.45) is 4.99 Å². The van der Waals surface area contributed by atoms with Gasteiger partial charge in [0.15, 0.2) is 5.78 Å². The van der Waals surface area contributed by atoms with Gasteiger partial charge in [-0.05, 0) is 11.1 Å². The van der Waals surface area contributed by atoms with Gasteiger partial charge >= 0.3 is 0 Å². The Labute approximate surface area is 118 Å². The third-order valence-corrected chi connectivity index (χ3v) is 3.39. The summed E-state index contributed by atoms with van der Waals surface area (Å²) >= 11 is 0. The van der Waals surface area contributed by atoms with Gasteiger partial charge < -0.3 is 5.32 Å². The molecule has 3 heteroatoms. The van der Waals surface area contributed by atoms with Crippen LogP contribution in [0.15, 0.2) is 59.6 Å². The lowest BCUT2D eigenvalue weighted by Crippen LogP contribution is -2.21. The van der Waals surface area contributed by atoms with Crippen LogP contribution in [0, 0.1) is 0 Å². The summed E-state index contributed by atoms with van der Waals surface area (Å²) in [6.45, 7) is 1.62. The van der Waals surface area contributed by atoms with E-state index in [1.165, 1.54) is 0 Å². The van der Waals surface area contributed by atoms with Crippen molar-refractivity contribution in [1.82, 2.24) is 5.32 Å². The summed E-state index contributed by atoms with van der Waals surface area (Å²) in [5.74, 6) is 0.917. The molecule has 100 valence electrons. The molecule has 0 amide bonds. The maximum Gasteiger partial charge on any atom is 0.170 e. The van der Waals surface area contributed by atoms with E-state index in [0.717, 1.165) is 35.6 Å². The number of hydrogen-bond donors (Lipinski definition) is 1. The first-order valence-corrected chi connectivity index (χ1v) is 6.79. The summed E-state index contributed by atoms with van der Waals surface area (Å²) in [7, 11) is 0. The van der Waals surface area contributed by atoms with Crippen molar-refractivity contribution >= 4 is 11.6 Å². The third kappa shape index (κ3) is 2.77. The minimum atomic E-state index is 0.109. The number of carbonyl (C=O) groups is 1. The Bertz CT molecular complexity index is 630. The molecule has 1 heterocycles. The summed E-state index contributed by atoms with van der Waals surface area (Å²) < 4.78 is 0. The van der Waals surface area contributed by atoms with Gasteiger partial charge in [-0.2, -0.15) is 0 Å². The second-order valence-corrected chi connectivity index (χ2v) is 4.80. The van der Waals surface area contributed by atoms with Crippen LogP contribution >= 0.6 is 0 Å². The lowest BCUT2D eigenvalue weighted by atomic mass is 10.0. The number of benzene rings is 2. The van der Waals surface area contributed by atoms with Crippen molar-refractivity contribution in [1.29, 1.82) is 0 Å². The molecule has 0 aromatic heterocycles. The minimum absolute atomic E-state index is 0.109. The zero-order chi connectivity index (χ0) is 13.8. The molecule has 2 aromatic carbocycles. The number of rotatable bonds is 4. The Kier molecular flexibility index (Phi) is 3.59. The predicted molar refractivity (Wildman–Crippen MR) is 81.1 cm³/mol. The van der Waals surface area contributed by atoms with E-state index < -0.39 is 0 Å². The van der Waals surface area contributed by atoms with E-state index in [0.29, 0.717) is 6.42 Å². The largest absolute Gasteiger partial charge is 0.372 e. The van der Waals surface area contributed by atoms with Crippen LogP contribution in [0.25, 0.3) is 11.1 Å². The highest BCUT2D eigenvalue weighted by Gasteiger charge is 2.12. The normalized spacial score (nSPS) is 13.7. The zero-order valence-corrected chi connectivity index (χ0v) is 11.2. The molecule has 0 atom stereocenters. The second kappa shape index (κ2) is 5.70. The van der Waals surface area contributed by atoms with Crippen molar-refractivity contribution in [3.05, 3.63) is 60.2 Å². The molecule has 0 fully saturated rings. The molecule has 0 radical (unpaired) electrons. The maximum atomic E-state index is 12.1. The number of aliphatic imine (C=N–C) groups is 1. The van der Waals surface area contributed by atoms with Crippen LogP contribution in [-0.4, -0.2) is 24.7 Å². The first kappa shape index (κ1) is 12.6. The van der Waals surface area contributed by atoms with E-state index in [4.69, 9.17) is 0 Å². The van der Waals surface area contributed by atoms with E-state index in [-0.39, 0.29) is 5.78 Å². The number of carbonyl (C=O) groups excluding carboxylic acids is 1.